The number of unbranched alkanes of at least 4 members (excludes halogenated alkanes) is 7. The molecule has 139 valence electrons. The number of carbonyl (C=O) groups is 2. The van der Waals surface area contributed by atoms with Gasteiger partial charge in [-0.1, -0.05) is 58.3 Å². The van der Waals surface area contributed by atoms with Crippen molar-refractivity contribution in [3.63, 3.8) is 0 Å². The lowest BCUT2D eigenvalue weighted by molar-refractivity contribution is -0.118. The second kappa shape index (κ2) is 12.8. The Morgan fingerprint density at radius 2 is 1.56 bits per heavy atom. The monoisotopic (exact) mass is 363 g/mol. The average Bonchev–Trinajstić information content (AvgIpc) is 2.57. The summed E-state index contributed by atoms with van der Waals surface area (Å²) in [4.78, 5) is 23.6. The summed E-state index contributed by atoms with van der Waals surface area (Å²) < 4.78 is 0. The fourth-order valence-corrected chi connectivity index (χ4v) is 3.70. The van der Waals surface area contributed by atoms with Gasteiger partial charge in [-0.3, -0.25) is 15.3 Å². The smallest absolute Gasteiger partial charge is 0.251 e. The molecule has 25 heavy (non-hydrogen) atoms. The molecular formula is C20H31N2O2S. The Bertz CT molecular complexity index is 517. The number of hydrogen-bond donors (Lipinski definition) is 1. The van der Waals surface area contributed by atoms with Crippen LogP contribution in [-0.2, 0) is 9.59 Å². The first-order valence-electron chi connectivity index (χ1n) is 9.32. The third kappa shape index (κ3) is 10.2. The van der Waals surface area contributed by atoms with Gasteiger partial charge in [-0.15, -0.1) is 11.8 Å². The van der Waals surface area contributed by atoms with E-state index in [0.717, 1.165) is 29.8 Å². The van der Waals surface area contributed by atoms with Gasteiger partial charge in [0.25, 0.3) is 5.91 Å². The second-order valence-corrected chi connectivity index (χ2v) is 7.72. The Balaban J connectivity index is 2.32. The molecule has 2 amide bonds. The summed E-state index contributed by atoms with van der Waals surface area (Å²) in [5.41, 5.74) is 8.24. The molecular weight excluding hydrogens is 332 g/mol. The van der Waals surface area contributed by atoms with Gasteiger partial charge in [0.1, 0.15) is 0 Å². The zero-order chi connectivity index (χ0) is 18.5. The highest BCUT2D eigenvalue weighted by Gasteiger charge is 2.17. The minimum atomic E-state index is -0.501. The molecule has 1 aromatic carbocycles. The molecule has 1 aromatic rings. The lowest BCUT2D eigenvalue weighted by Crippen LogP contribution is -2.17. The van der Waals surface area contributed by atoms with Crippen molar-refractivity contribution in [2.45, 2.75) is 81.8 Å². The van der Waals surface area contributed by atoms with Crippen LogP contribution in [-0.4, -0.2) is 17.1 Å². The SMILES string of the molecule is CCCCCCCCCCC(Sc1ccc(NC(C)=O)cc1)C([NH])=O. The summed E-state index contributed by atoms with van der Waals surface area (Å²) in [7, 11) is 0. The van der Waals surface area contributed by atoms with Crippen LogP contribution >= 0.6 is 11.8 Å². The fourth-order valence-electron chi connectivity index (χ4n) is 2.69. The van der Waals surface area contributed by atoms with E-state index in [-0.39, 0.29) is 11.2 Å². The zero-order valence-corrected chi connectivity index (χ0v) is 16.3. The number of nitrogens with one attached hydrogen (secondary N) is 2. The van der Waals surface area contributed by atoms with Gasteiger partial charge in [0.15, 0.2) is 0 Å². The number of benzene rings is 1. The summed E-state index contributed by atoms with van der Waals surface area (Å²) >= 11 is 1.45. The molecule has 0 spiro atoms. The number of anilines is 1. The topological polar surface area (TPSA) is 70.0 Å². The number of thioether (sulfide) groups is 1. The van der Waals surface area contributed by atoms with Crippen LogP contribution in [0, 0.1) is 0 Å². The number of carbonyl (C=O) groups excluding carboxylic acids is 2. The summed E-state index contributed by atoms with van der Waals surface area (Å²) in [5, 5.41) is 2.42. The Morgan fingerprint density at radius 3 is 2.08 bits per heavy atom. The zero-order valence-electron chi connectivity index (χ0n) is 15.5. The molecule has 0 aromatic heterocycles. The summed E-state index contributed by atoms with van der Waals surface area (Å²) in [6.07, 6.45) is 10.6. The standard InChI is InChI=1S/C20H31N2O2S/c1-3-4-5-6-7-8-9-10-11-19(20(21)24)25-18-14-12-17(13-15-18)22-16(2)23/h12-15,19,21H,3-11H2,1-2H3,(H,22,23). The van der Waals surface area contributed by atoms with E-state index in [4.69, 9.17) is 5.73 Å². The lowest BCUT2D eigenvalue weighted by Gasteiger charge is -2.13. The van der Waals surface area contributed by atoms with E-state index in [1.165, 1.54) is 57.2 Å². The van der Waals surface area contributed by atoms with Crippen molar-refractivity contribution in [2.75, 3.05) is 5.32 Å². The maximum absolute atomic E-state index is 11.6. The Hall–Kier alpha value is -1.49. The highest BCUT2D eigenvalue weighted by molar-refractivity contribution is 8.00. The van der Waals surface area contributed by atoms with Crippen molar-refractivity contribution in [3.05, 3.63) is 24.3 Å². The van der Waals surface area contributed by atoms with Crippen molar-refractivity contribution in [1.29, 1.82) is 0 Å². The molecule has 0 aliphatic heterocycles. The summed E-state index contributed by atoms with van der Waals surface area (Å²) in [6.45, 7) is 3.70. The molecule has 0 saturated heterocycles. The molecule has 0 aliphatic rings. The Morgan fingerprint density at radius 1 is 1.00 bits per heavy atom. The van der Waals surface area contributed by atoms with E-state index < -0.39 is 5.91 Å². The third-order valence-corrected chi connectivity index (χ3v) is 5.34. The number of hydrogen-bond acceptors (Lipinski definition) is 3. The van der Waals surface area contributed by atoms with Crippen molar-refractivity contribution in [3.8, 4) is 0 Å². The van der Waals surface area contributed by atoms with E-state index in [1.807, 2.05) is 24.3 Å². The van der Waals surface area contributed by atoms with E-state index in [2.05, 4.69) is 12.2 Å². The quantitative estimate of drug-likeness (QED) is 0.374. The van der Waals surface area contributed by atoms with E-state index in [1.54, 1.807) is 0 Å². The predicted octanol–water partition coefficient (Wildman–Crippen LogP) is 5.45. The molecule has 1 unspecified atom stereocenters. The van der Waals surface area contributed by atoms with Gasteiger partial charge in [-0.25, -0.2) is 0 Å². The molecule has 0 bridgehead atoms. The van der Waals surface area contributed by atoms with Crippen molar-refractivity contribution in [1.82, 2.24) is 5.73 Å². The number of amides is 2. The second-order valence-electron chi connectivity index (χ2n) is 6.44. The largest absolute Gasteiger partial charge is 0.326 e. The van der Waals surface area contributed by atoms with Crippen LogP contribution in [0.3, 0.4) is 0 Å². The molecule has 4 nitrogen and oxygen atoms in total. The van der Waals surface area contributed by atoms with Gasteiger partial charge in [-0.05, 0) is 30.7 Å². The van der Waals surface area contributed by atoms with Crippen LogP contribution in [0.2, 0.25) is 0 Å². The van der Waals surface area contributed by atoms with Crippen LogP contribution in [0.1, 0.15) is 71.6 Å². The first kappa shape index (κ1) is 21.6. The number of rotatable bonds is 13. The fraction of sp³-hybridized carbons (Fsp3) is 0.600. The minimum absolute atomic E-state index is 0.102. The molecule has 1 radical (unpaired) electrons. The van der Waals surface area contributed by atoms with Gasteiger partial charge < -0.3 is 5.32 Å². The molecule has 2 N–H and O–H groups in total. The molecule has 1 rings (SSSR count). The molecule has 0 fully saturated rings. The molecule has 0 heterocycles. The molecule has 0 saturated carbocycles. The predicted molar refractivity (Wildman–Crippen MR) is 106 cm³/mol. The van der Waals surface area contributed by atoms with Crippen molar-refractivity contribution >= 4 is 29.3 Å². The van der Waals surface area contributed by atoms with Crippen LogP contribution in [0.4, 0.5) is 5.69 Å². The van der Waals surface area contributed by atoms with Gasteiger partial charge >= 0.3 is 0 Å². The first-order chi connectivity index (χ1) is 12.0. The third-order valence-electron chi connectivity index (χ3n) is 4.07. The van der Waals surface area contributed by atoms with Crippen LogP contribution in [0.5, 0.6) is 0 Å². The summed E-state index contributed by atoms with van der Waals surface area (Å²) in [5.74, 6) is -0.604. The Labute approximate surface area is 156 Å². The molecule has 5 heteroatoms. The highest BCUT2D eigenvalue weighted by Crippen LogP contribution is 2.28. The van der Waals surface area contributed by atoms with Gasteiger partial charge in [0.05, 0.1) is 5.25 Å². The van der Waals surface area contributed by atoms with Crippen LogP contribution < -0.4 is 11.1 Å². The molecule has 1 atom stereocenters. The normalized spacial score (nSPS) is 11.9. The van der Waals surface area contributed by atoms with Crippen molar-refractivity contribution in [2.24, 2.45) is 0 Å². The van der Waals surface area contributed by atoms with E-state index in [9.17, 15) is 9.59 Å². The average molecular weight is 364 g/mol. The van der Waals surface area contributed by atoms with Gasteiger partial charge in [0.2, 0.25) is 5.91 Å². The maximum atomic E-state index is 11.6. The highest BCUT2D eigenvalue weighted by atomic mass is 32.2. The maximum Gasteiger partial charge on any atom is 0.251 e. The van der Waals surface area contributed by atoms with E-state index >= 15 is 0 Å². The molecule has 0 aliphatic carbocycles. The van der Waals surface area contributed by atoms with Gasteiger partial charge in [-0.2, -0.15) is 0 Å². The Kier molecular flexibility index (Phi) is 11.0. The van der Waals surface area contributed by atoms with Crippen LogP contribution in [0.25, 0.3) is 0 Å². The van der Waals surface area contributed by atoms with E-state index in [0.29, 0.717) is 0 Å². The summed E-state index contributed by atoms with van der Waals surface area (Å²) in [6, 6.07) is 7.43. The van der Waals surface area contributed by atoms with Crippen LogP contribution in [0.15, 0.2) is 29.2 Å². The van der Waals surface area contributed by atoms with Crippen molar-refractivity contribution < 1.29 is 9.59 Å². The first-order valence-corrected chi connectivity index (χ1v) is 10.2. The minimum Gasteiger partial charge on any atom is -0.326 e. The lowest BCUT2D eigenvalue weighted by atomic mass is 10.1. The van der Waals surface area contributed by atoms with Gasteiger partial charge in [0, 0.05) is 17.5 Å².